The number of thioether (sulfide) groups is 1. The van der Waals surface area contributed by atoms with Crippen molar-refractivity contribution in [3.05, 3.63) is 46.2 Å². The lowest BCUT2D eigenvalue weighted by Gasteiger charge is -2.12. The zero-order valence-electron chi connectivity index (χ0n) is 13.7. The Kier molecular flexibility index (Phi) is 7.14. The summed E-state index contributed by atoms with van der Waals surface area (Å²) in [5.74, 6) is 1.69. The standard InChI is InChI=1S/C17H21N3O2S2/c1-12-5-6-14(19-13(2)21)10-16(12)20-17(22)18-7-9-23-11-15-4-3-8-24-15/h3-6,8,10H,7,9,11H2,1-2H3,(H,19,21)(H2,18,20,22). The fraction of sp³-hybridized carbons (Fsp3) is 0.294. The van der Waals surface area contributed by atoms with E-state index in [9.17, 15) is 9.59 Å². The number of hydrogen-bond donors (Lipinski definition) is 3. The van der Waals surface area contributed by atoms with Crippen LogP contribution in [0.25, 0.3) is 0 Å². The third-order valence-electron chi connectivity index (χ3n) is 3.16. The van der Waals surface area contributed by atoms with Crippen molar-refractivity contribution in [2.24, 2.45) is 0 Å². The highest BCUT2D eigenvalue weighted by Crippen LogP contribution is 2.20. The molecule has 0 aliphatic rings. The van der Waals surface area contributed by atoms with Gasteiger partial charge in [0.15, 0.2) is 0 Å². The minimum absolute atomic E-state index is 0.142. The Morgan fingerprint density at radius 1 is 1.21 bits per heavy atom. The summed E-state index contributed by atoms with van der Waals surface area (Å²) in [4.78, 5) is 24.4. The number of hydrogen-bond acceptors (Lipinski definition) is 4. The number of amides is 3. The first kappa shape index (κ1) is 18.4. The molecular weight excluding hydrogens is 342 g/mol. The molecule has 0 unspecified atom stereocenters. The van der Waals surface area contributed by atoms with Crippen molar-refractivity contribution < 1.29 is 9.59 Å². The molecule has 3 N–H and O–H groups in total. The van der Waals surface area contributed by atoms with Crippen LogP contribution in [0.4, 0.5) is 16.2 Å². The van der Waals surface area contributed by atoms with Gasteiger partial charge in [0.2, 0.25) is 5.91 Å². The Balaban J connectivity index is 1.74. The topological polar surface area (TPSA) is 70.2 Å². The van der Waals surface area contributed by atoms with E-state index in [0.717, 1.165) is 17.1 Å². The van der Waals surface area contributed by atoms with Crippen LogP contribution in [0.15, 0.2) is 35.7 Å². The lowest BCUT2D eigenvalue weighted by Crippen LogP contribution is -2.30. The van der Waals surface area contributed by atoms with Crippen molar-refractivity contribution in [3.63, 3.8) is 0 Å². The van der Waals surface area contributed by atoms with Crippen molar-refractivity contribution >= 4 is 46.4 Å². The first-order chi connectivity index (χ1) is 11.5. The molecule has 0 radical (unpaired) electrons. The van der Waals surface area contributed by atoms with Crippen LogP contribution in [0.2, 0.25) is 0 Å². The normalized spacial score (nSPS) is 10.2. The largest absolute Gasteiger partial charge is 0.337 e. The van der Waals surface area contributed by atoms with Crippen molar-refractivity contribution in [1.82, 2.24) is 5.32 Å². The van der Waals surface area contributed by atoms with Crippen LogP contribution in [0.5, 0.6) is 0 Å². The van der Waals surface area contributed by atoms with E-state index in [1.807, 2.05) is 19.1 Å². The molecule has 0 aliphatic carbocycles. The first-order valence-corrected chi connectivity index (χ1v) is 9.61. The van der Waals surface area contributed by atoms with Gasteiger partial charge in [-0.05, 0) is 36.1 Å². The van der Waals surface area contributed by atoms with Crippen LogP contribution < -0.4 is 16.0 Å². The van der Waals surface area contributed by atoms with Crippen LogP contribution in [0.3, 0.4) is 0 Å². The third kappa shape index (κ3) is 6.25. The van der Waals surface area contributed by atoms with Gasteiger partial charge in [-0.15, -0.1) is 11.3 Å². The molecule has 24 heavy (non-hydrogen) atoms. The highest BCUT2D eigenvalue weighted by atomic mass is 32.2. The summed E-state index contributed by atoms with van der Waals surface area (Å²) in [6.45, 7) is 3.96. The molecule has 0 saturated carbocycles. The van der Waals surface area contributed by atoms with Crippen LogP contribution in [0, 0.1) is 6.92 Å². The third-order valence-corrected chi connectivity index (χ3v) is 5.23. The minimum Gasteiger partial charge on any atom is -0.337 e. The molecule has 1 aromatic heterocycles. The van der Waals surface area contributed by atoms with E-state index in [2.05, 4.69) is 27.4 Å². The molecular formula is C17H21N3O2S2. The molecule has 2 aromatic rings. The van der Waals surface area contributed by atoms with Gasteiger partial charge in [0.1, 0.15) is 0 Å². The summed E-state index contributed by atoms with van der Waals surface area (Å²) in [6.07, 6.45) is 0. The molecule has 2 rings (SSSR count). The van der Waals surface area contributed by atoms with E-state index in [0.29, 0.717) is 17.9 Å². The van der Waals surface area contributed by atoms with E-state index >= 15 is 0 Å². The number of thiophene rings is 1. The number of nitrogens with one attached hydrogen (secondary N) is 3. The SMILES string of the molecule is CC(=O)Nc1ccc(C)c(NC(=O)NCCSCc2cccs2)c1. The fourth-order valence-corrected chi connectivity index (χ4v) is 3.71. The van der Waals surface area contributed by atoms with Gasteiger partial charge in [0, 0.05) is 41.2 Å². The van der Waals surface area contributed by atoms with E-state index in [1.54, 1.807) is 35.2 Å². The van der Waals surface area contributed by atoms with Gasteiger partial charge < -0.3 is 16.0 Å². The smallest absolute Gasteiger partial charge is 0.319 e. The Hall–Kier alpha value is -1.99. The van der Waals surface area contributed by atoms with E-state index in [-0.39, 0.29) is 11.9 Å². The number of carbonyl (C=O) groups excluding carboxylic acids is 2. The summed E-state index contributed by atoms with van der Waals surface area (Å²) in [6, 6.07) is 9.34. The average Bonchev–Trinajstić information content (AvgIpc) is 3.03. The second-order valence-electron chi connectivity index (χ2n) is 5.22. The Morgan fingerprint density at radius 2 is 2.04 bits per heavy atom. The van der Waals surface area contributed by atoms with Crippen LogP contribution in [0.1, 0.15) is 17.4 Å². The molecule has 1 heterocycles. The molecule has 0 bridgehead atoms. The molecule has 1 aromatic carbocycles. The van der Waals surface area contributed by atoms with Gasteiger partial charge in [-0.1, -0.05) is 12.1 Å². The maximum atomic E-state index is 12.0. The summed E-state index contributed by atoms with van der Waals surface area (Å²) >= 11 is 3.54. The van der Waals surface area contributed by atoms with Crippen molar-refractivity contribution in [2.75, 3.05) is 22.9 Å². The lowest BCUT2D eigenvalue weighted by molar-refractivity contribution is -0.114. The maximum Gasteiger partial charge on any atom is 0.319 e. The van der Waals surface area contributed by atoms with Gasteiger partial charge in [0.05, 0.1) is 0 Å². The molecule has 128 valence electrons. The van der Waals surface area contributed by atoms with Gasteiger partial charge >= 0.3 is 6.03 Å². The molecule has 3 amide bonds. The van der Waals surface area contributed by atoms with E-state index in [1.165, 1.54) is 11.8 Å². The Morgan fingerprint density at radius 3 is 2.75 bits per heavy atom. The molecule has 0 fully saturated rings. The van der Waals surface area contributed by atoms with Crippen molar-refractivity contribution in [3.8, 4) is 0 Å². The number of aryl methyl sites for hydroxylation is 1. The van der Waals surface area contributed by atoms with Gasteiger partial charge in [-0.2, -0.15) is 11.8 Å². The Labute approximate surface area is 150 Å². The van der Waals surface area contributed by atoms with Crippen molar-refractivity contribution in [1.29, 1.82) is 0 Å². The van der Waals surface area contributed by atoms with Gasteiger partial charge in [-0.25, -0.2) is 4.79 Å². The zero-order chi connectivity index (χ0) is 17.4. The van der Waals surface area contributed by atoms with E-state index in [4.69, 9.17) is 0 Å². The number of anilines is 2. The quantitative estimate of drug-likeness (QED) is 0.650. The fourth-order valence-electron chi connectivity index (χ4n) is 2.01. The summed E-state index contributed by atoms with van der Waals surface area (Å²) < 4.78 is 0. The monoisotopic (exact) mass is 363 g/mol. The highest BCUT2D eigenvalue weighted by molar-refractivity contribution is 7.98. The summed E-state index contributed by atoms with van der Waals surface area (Å²) in [7, 11) is 0. The predicted octanol–water partition coefficient (Wildman–Crippen LogP) is 4.07. The predicted molar refractivity (Wildman–Crippen MR) is 103 cm³/mol. The molecule has 0 atom stereocenters. The van der Waals surface area contributed by atoms with Crippen molar-refractivity contribution in [2.45, 2.75) is 19.6 Å². The number of carbonyl (C=O) groups is 2. The zero-order valence-corrected chi connectivity index (χ0v) is 15.4. The Bertz CT molecular complexity index is 687. The summed E-state index contributed by atoms with van der Waals surface area (Å²) in [5, 5.41) is 10.4. The molecule has 0 spiro atoms. The maximum absolute atomic E-state index is 12.0. The highest BCUT2D eigenvalue weighted by Gasteiger charge is 2.06. The second kappa shape index (κ2) is 9.34. The van der Waals surface area contributed by atoms with Crippen LogP contribution >= 0.6 is 23.1 Å². The number of benzene rings is 1. The molecule has 5 nitrogen and oxygen atoms in total. The van der Waals surface area contributed by atoms with Gasteiger partial charge in [0.25, 0.3) is 0 Å². The second-order valence-corrected chi connectivity index (χ2v) is 7.36. The first-order valence-electron chi connectivity index (χ1n) is 7.58. The average molecular weight is 364 g/mol. The molecule has 0 aliphatic heterocycles. The lowest BCUT2D eigenvalue weighted by atomic mass is 10.2. The number of rotatable bonds is 7. The molecule has 7 heteroatoms. The van der Waals surface area contributed by atoms with Gasteiger partial charge in [-0.3, -0.25) is 4.79 Å². The van der Waals surface area contributed by atoms with E-state index < -0.39 is 0 Å². The number of urea groups is 1. The summed E-state index contributed by atoms with van der Waals surface area (Å²) in [5.41, 5.74) is 2.28. The van der Waals surface area contributed by atoms with Crippen LogP contribution in [-0.2, 0) is 10.5 Å². The molecule has 0 saturated heterocycles. The minimum atomic E-state index is -0.241. The van der Waals surface area contributed by atoms with Crippen LogP contribution in [-0.4, -0.2) is 24.2 Å².